The Bertz CT molecular complexity index is 650. The van der Waals surface area contributed by atoms with Gasteiger partial charge in [0.25, 0.3) is 0 Å². The van der Waals surface area contributed by atoms with Crippen LogP contribution in [0.15, 0.2) is 24.3 Å². The Kier molecular flexibility index (Phi) is 6.86. The van der Waals surface area contributed by atoms with Crippen molar-refractivity contribution in [2.75, 3.05) is 23.7 Å². The summed E-state index contributed by atoms with van der Waals surface area (Å²) in [6, 6.07) is 8.48. The third-order valence-electron chi connectivity index (χ3n) is 3.09. The quantitative estimate of drug-likeness (QED) is 0.787. The van der Waals surface area contributed by atoms with Gasteiger partial charge < -0.3 is 5.32 Å². The average molecular weight is 323 g/mol. The Labute approximate surface area is 131 Å². The van der Waals surface area contributed by atoms with Gasteiger partial charge in [0, 0.05) is 13.0 Å². The van der Waals surface area contributed by atoms with Crippen molar-refractivity contribution in [3.05, 3.63) is 29.8 Å². The van der Waals surface area contributed by atoms with Crippen LogP contribution < -0.4 is 9.62 Å². The van der Waals surface area contributed by atoms with Crippen molar-refractivity contribution in [2.45, 2.75) is 26.2 Å². The molecular weight excluding hydrogens is 302 g/mol. The number of benzene rings is 1. The molecule has 0 saturated heterocycles. The van der Waals surface area contributed by atoms with Crippen LogP contribution in [0.4, 0.5) is 5.69 Å². The number of carbonyl (C=O) groups is 1. The van der Waals surface area contributed by atoms with E-state index < -0.39 is 10.0 Å². The van der Waals surface area contributed by atoms with Crippen LogP contribution in [0.25, 0.3) is 0 Å². The summed E-state index contributed by atoms with van der Waals surface area (Å²) in [5.74, 6) is -0.0936. The fourth-order valence-electron chi connectivity index (χ4n) is 1.97. The van der Waals surface area contributed by atoms with E-state index >= 15 is 0 Å². The summed E-state index contributed by atoms with van der Waals surface area (Å²) in [7, 11) is -3.53. The van der Waals surface area contributed by atoms with Gasteiger partial charge in [0.05, 0.1) is 24.1 Å². The number of nitriles is 1. The molecule has 1 amide bonds. The van der Waals surface area contributed by atoms with Gasteiger partial charge in [0.1, 0.15) is 6.07 Å². The molecule has 0 atom stereocenters. The summed E-state index contributed by atoms with van der Waals surface area (Å²) in [5, 5.41) is 11.8. The van der Waals surface area contributed by atoms with Crippen LogP contribution in [-0.4, -0.2) is 33.7 Å². The van der Waals surface area contributed by atoms with Gasteiger partial charge in [-0.3, -0.25) is 9.10 Å². The minimum absolute atomic E-state index is 0.0927. The summed E-state index contributed by atoms with van der Waals surface area (Å²) in [6.45, 7) is 2.29. The molecule has 0 radical (unpaired) electrons. The number of hydrogen-bond donors (Lipinski definition) is 1. The van der Waals surface area contributed by atoms with Crippen molar-refractivity contribution in [1.29, 1.82) is 5.26 Å². The lowest BCUT2D eigenvalue weighted by atomic mass is 10.2. The van der Waals surface area contributed by atoms with Crippen molar-refractivity contribution in [1.82, 2.24) is 5.32 Å². The third kappa shape index (κ3) is 5.37. The minimum atomic E-state index is -3.53. The van der Waals surface area contributed by atoms with Gasteiger partial charge >= 0.3 is 0 Å². The van der Waals surface area contributed by atoms with E-state index in [0.717, 1.165) is 23.4 Å². The predicted molar refractivity (Wildman–Crippen MR) is 85.9 cm³/mol. The maximum Gasteiger partial charge on any atom is 0.232 e. The van der Waals surface area contributed by atoms with Crippen LogP contribution in [0, 0.1) is 11.3 Å². The number of nitrogens with one attached hydrogen (secondary N) is 1. The Balaban J connectivity index is 2.80. The monoisotopic (exact) mass is 323 g/mol. The zero-order valence-electron chi connectivity index (χ0n) is 12.9. The lowest BCUT2D eigenvalue weighted by Gasteiger charge is -2.23. The molecule has 0 saturated carbocycles. The smallest absolute Gasteiger partial charge is 0.232 e. The zero-order chi connectivity index (χ0) is 16.6. The van der Waals surface area contributed by atoms with E-state index in [1.54, 1.807) is 24.3 Å². The minimum Gasteiger partial charge on any atom is -0.354 e. The molecule has 1 aromatic carbocycles. The predicted octanol–water partition coefficient (Wildman–Crippen LogP) is 1.63. The second-order valence-corrected chi connectivity index (χ2v) is 6.82. The first-order chi connectivity index (χ1) is 10.4. The van der Waals surface area contributed by atoms with Gasteiger partial charge in [0.2, 0.25) is 15.9 Å². The van der Waals surface area contributed by atoms with Gasteiger partial charge in [-0.05, 0) is 18.6 Å². The molecule has 22 heavy (non-hydrogen) atoms. The lowest BCUT2D eigenvalue weighted by Crippen LogP contribution is -2.38. The summed E-state index contributed by atoms with van der Waals surface area (Å²) in [6.07, 6.45) is 3.25. The van der Waals surface area contributed by atoms with Crippen molar-refractivity contribution in [3.63, 3.8) is 0 Å². The first kappa shape index (κ1) is 18.0. The number of sulfonamides is 1. The second-order valence-electron chi connectivity index (χ2n) is 4.92. The largest absolute Gasteiger partial charge is 0.354 e. The molecular formula is C15H21N3O3S. The molecule has 0 spiro atoms. The first-order valence-corrected chi connectivity index (χ1v) is 8.98. The van der Waals surface area contributed by atoms with Crippen LogP contribution in [0.2, 0.25) is 0 Å². The van der Waals surface area contributed by atoms with Gasteiger partial charge in [-0.1, -0.05) is 25.5 Å². The van der Waals surface area contributed by atoms with E-state index in [2.05, 4.69) is 5.32 Å². The van der Waals surface area contributed by atoms with Crippen molar-refractivity contribution < 1.29 is 13.2 Å². The number of rotatable bonds is 8. The molecule has 0 aliphatic carbocycles. The number of carbonyl (C=O) groups excluding carboxylic acids is 1. The first-order valence-electron chi connectivity index (χ1n) is 7.13. The van der Waals surface area contributed by atoms with E-state index in [-0.39, 0.29) is 24.6 Å². The Morgan fingerprint density at radius 2 is 2.05 bits per heavy atom. The lowest BCUT2D eigenvalue weighted by molar-refractivity contribution is -0.121. The van der Waals surface area contributed by atoms with E-state index in [0.29, 0.717) is 12.1 Å². The van der Waals surface area contributed by atoms with E-state index in [1.807, 2.05) is 13.0 Å². The molecule has 0 heterocycles. The molecule has 120 valence electrons. The van der Waals surface area contributed by atoms with E-state index in [9.17, 15) is 13.2 Å². The van der Waals surface area contributed by atoms with Crippen LogP contribution in [0.1, 0.15) is 31.7 Å². The van der Waals surface area contributed by atoms with Gasteiger partial charge in [-0.15, -0.1) is 0 Å². The molecule has 6 nitrogen and oxygen atoms in total. The standard InChI is InChI=1S/C15H21N3O3S/c1-3-4-9-15(19)17-10-11-18(22(2,20)21)14-8-6-5-7-13(14)12-16/h5-8H,3-4,9-11H2,1-2H3,(H,17,19). The Morgan fingerprint density at radius 1 is 1.36 bits per heavy atom. The van der Waals surface area contributed by atoms with Crippen LogP contribution in [0.3, 0.4) is 0 Å². The number of amides is 1. The molecule has 7 heteroatoms. The summed E-state index contributed by atoms with van der Waals surface area (Å²) >= 11 is 0. The molecule has 1 rings (SSSR count). The Morgan fingerprint density at radius 3 is 2.64 bits per heavy atom. The summed E-state index contributed by atoms with van der Waals surface area (Å²) < 4.78 is 25.0. The van der Waals surface area contributed by atoms with Gasteiger partial charge in [0.15, 0.2) is 0 Å². The number of nitrogens with zero attached hydrogens (tertiary/aromatic N) is 2. The summed E-state index contributed by atoms with van der Waals surface area (Å²) in [4.78, 5) is 11.6. The van der Waals surface area contributed by atoms with Crippen molar-refractivity contribution in [3.8, 4) is 6.07 Å². The SMILES string of the molecule is CCCCC(=O)NCCN(c1ccccc1C#N)S(C)(=O)=O. The highest BCUT2D eigenvalue weighted by atomic mass is 32.2. The van der Waals surface area contributed by atoms with Gasteiger partial charge in [-0.2, -0.15) is 5.26 Å². The van der Waals surface area contributed by atoms with Crippen LogP contribution >= 0.6 is 0 Å². The zero-order valence-corrected chi connectivity index (χ0v) is 13.7. The molecule has 0 fully saturated rings. The number of unbranched alkanes of at least 4 members (excludes halogenated alkanes) is 1. The number of anilines is 1. The molecule has 0 bridgehead atoms. The van der Waals surface area contributed by atoms with Crippen molar-refractivity contribution in [2.24, 2.45) is 0 Å². The highest BCUT2D eigenvalue weighted by molar-refractivity contribution is 7.92. The maximum absolute atomic E-state index is 12.0. The fraction of sp³-hybridized carbons (Fsp3) is 0.467. The molecule has 1 aromatic rings. The fourth-order valence-corrected chi connectivity index (χ4v) is 2.91. The number of hydrogen-bond acceptors (Lipinski definition) is 4. The van der Waals surface area contributed by atoms with Gasteiger partial charge in [-0.25, -0.2) is 8.42 Å². The van der Waals surface area contributed by atoms with E-state index in [4.69, 9.17) is 5.26 Å². The Hall–Kier alpha value is -2.07. The van der Waals surface area contributed by atoms with Crippen LogP contribution in [0.5, 0.6) is 0 Å². The average Bonchev–Trinajstić information content (AvgIpc) is 2.48. The van der Waals surface area contributed by atoms with Crippen molar-refractivity contribution >= 4 is 21.6 Å². The highest BCUT2D eigenvalue weighted by Gasteiger charge is 2.20. The summed E-state index contributed by atoms with van der Waals surface area (Å²) in [5.41, 5.74) is 0.612. The maximum atomic E-state index is 12.0. The molecule has 1 N–H and O–H groups in total. The molecule has 0 unspecified atom stereocenters. The third-order valence-corrected chi connectivity index (χ3v) is 4.27. The normalized spacial score (nSPS) is 10.8. The van der Waals surface area contributed by atoms with Crippen LogP contribution in [-0.2, 0) is 14.8 Å². The second kappa shape index (κ2) is 8.39. The topological polar surface area (TPSA) is 90.3 Å². The number of para-hydroxylation sites is 1. The molecule has 0 aliphatic rings. The highest BCUT2D eigenvalue weighted by Crippen LogP contribution is 2.21. The molecule has 0 aliphatic heterocycles. The van der Waals surface area contributed by atoms with E-state index in [1.165, 1.54) is 0 Å². The molecule has 0 aromatic heterocycles.